The molecule has 6 heteroatoms. The molecule has 0 saturated heterocycles. The number of rotatable bonds is 6. The van der Waals surface area contributed by atoms with Gasteiger partial charge in [-0.25, -0.2) is 0 Å². The molecule has 1 aromatic carbocycles. The van der Waals surface area contributed by atoms with Crippen molar-refractivity contribution in [2.75, 3.05) is 29.4 Å². The van der Waals surface area contributed by atoms with E-state index in [1.165, 1.54) is 0 Å². The summed E-state index contributed by atoms with van der Waals surface area (Å²) >= 11 is 0. The standard InChI is InChI=1S/C16H22N2O4/c1-4-17(9-8-15(19)20)12-6-7-13-14(10-12)22-11(3)16(21)18(13)5-2/h6-7,10-11H,4-5,8-9H2,1-3H3,(H,19,20). The van der Waals surface area contributed by atoms with Crippen molar-refractivity contribution in [2.24, 2.45) is 0 Å². The summed E-state index contributed by atoms with van der Waals surface area (Å²) in [4.78, 5) is 26.5. The predicted molar refractivity (Wildman–Crippen MR) is 84.7 cm³/mol. The van der Waals surface area contributed by atoms with Gasteiger partial charge in [0.1, 0.15) is 5.75 Å². The highest BCUT2D eigenvalue weighted by Crippen LogP contribution is 2.37. The van der Waals surface area contributed by atoms with Crippen molar-refractivity contribution in [2.45, 2.75) is 33.3 Å². The van der Waals surface area contributed by atoms with E-state index in [1.54, 1.807) is 11.8 Å². The Hall–Kier alpha value is -2.24. The number of nitrogens with zero attached hydrogens (tertiary/aromatic N) is 2. The smallest absolute Gasteiger partial charge is 0.305 e. The lowest BCUT2D eigenvalue weighted by Crippen LogP contribution is -2.44. The largest absolute Gasteiger partial charge is 0.481 e. The van der Waals surface area contributed by atoms with E-state index in [1.807, 2.05) is 36.9 Å². The fraction of sp³-hybridized carbons (Fsp3) is 0.500. The number of hydrogen-bond donors (Lipinski definition) is 1. The molecule has 1 heterocycles. The topological polar surface area (TPSA) is 70.1 Å². The van der Waals surface area contributed by atoms with Crippen molar-refractivity contribution in [3.05, 3.63) is 18.2 Å². The van der Waals surface area contributed by atoms with Crippen LogP contribution in [0.25, 0.3) is 0 Å². The fourth-order valence-electron chi connectivity index (χ4n) is 2.62. The first-order valence-electron chi connectivity index (χ1n) is 7.56. The van der Waals surface area contributed by atoms with Crippen LogP contribution < -0.4 is 14.5 Å². The van der Waals surface area contributed by atoms with Crippen LogP contribution in [-0.2, 0) is 9.59 Å². The maximum absolute atomic E-state index is 12.1. The Morgan fingerprint density at radius 3 is 2.73 bits per heavy atom. The van der Waals surface area contributed by atoms with E-state index in [-0.39, 0.29) is 12.3 Å². The zero-order valence-electron chi connectivity index (χ0n) is 13.2. The van der Waals surface area contributed by atoms with E-state index >= 15 is 0 Å². The zero-order valence-corrected chi connectivity index (χ0v) is 13.2. The van der Waals surface area contributed by atoms with E-state index in [0.29, 0.717) is 25.4 Å². The van der Waals surface area contributed by atoms with Gasteiger partial charge in [0.15, 0.2) is 6.10 Å². The van der Waals surface area contributed by atoms with Crippen LogP contribution in [0.2, 0.25) is 0 Å². The number of carbonyl (C=O) groups excluding carboxylic acids is 1. The first-order chi connectivity index (χ1) is 10.5. The average Bonchev–Trinajstić information content (AvgIpc) is 2.49. The van der Waals surface area contributed by atoms with Crippen molar-refractivity contribution in [3.8, 4) is 5.75 Å². The molecule has 0 saturated carbocycles. The number of aliphatic carboxylic acids is 1. The van der Waals surface area contributed by atoms with Crippen LogP contribution in [-0.4, -0.2) is 42.7 Å². The third-order valence-corrected chi connectivity index (χ3v) is 3.81. The van der Waals surface area contributed by atoms with Gasteiger partial charge in [0, 0.05) is 31.4 Å². The Bertz CT molecular complexity index is 573. The normalized spacial score (nSPS) is 17.0. The van der Waals surface area contributed by atoms with Crippen LogP contribution in [0, 0.1) is 0 Å². The molecule has 1 N–H and O–H groups in total. The molecule has 0 radical (unpaired) electrons. The van der Waals surface area contributed by atoms with Crippen molar-refractivity contribution in [1.29, 1.82) is 0 Å². The number of fused-ring (bicyclic) bond motifs is 1. The van der Waals surface area contributed by atoms with Gasteiger partial charge in [-0.05, 0) is 32.9 Å². The van der Waals surface area contributed by atoms with Crippen molar-refractivity contribution < 1.29 is 19.4 Å². The van der Waals surface area contributed by atoms with Crippen LogP contribution >= 0.6 is 0 Å². The van der Waals surface area contributed by atoms with Gasteiger partial charge < -0.3 is 19.6 Å². The molecule has 1 unspecified atom stereocenters. The van der Waals surface area contributed by atoms with Gasteiger partial charge >= 0.3 is 5.97 Å². The van der Waals surface area contributed by atoms with Crippen molar-refractivity contribution in [3.63, 3.8) is 0 Å². The monoisotopic (exact) mass is 306 g/mol. The summed E-state index contributed by atoms with van der Waals surface area (Å²) in [6, 6.07) is 5.65. The second-order valence-electron chi connectivity index (χ2n) is 5.22. The molecule has 22 heavy (non-hydrogen) atoms. The molecule has 1 aromatic rings. The molecule has 0 bridgehead atoms. The Morgan fingerprint density at radius 1 is 1.41 bits per heavy atom. The molecule has 1 amide bonds. The van der Waals surface area contributed by atoms with Crippen LogP contribution in [0.4, 0.5) is 11.4 Å². The van der Waals surface area contributed by atoms with Crippen LogP contribution in [0.5, 0.6) is 5.75 Å². The number of anilines is 2. The molecule has 0 aliphatic carbocycles. The number of carbonyl (C=O) groups is 2. The molecule has 1 atom stereocenters. The molecule has 1 aliphatic rings. The Morgan fingerprint density at radius 2 is 2.14 bits per heavy atom. The second kappa shape index (κ2) is 6.68. The third kappa shape index (κ3) is 3.16. The van der Waals surface area contributed by atoms with Crippen molar-refractivity contribution >= 4 is 23.3 Å². The number of benzene rings is 1. The van der Waals surface area contributed by atoms with Gasteiger partial charge in [0.25, 0.3) is 5.91 Å². The summed E-state index contributed by atoms with van der Waals surface area (Å²) in [6.45, 7) is 7.39. The van der Waals surface area contributed by atoms with Crippen molar-refractivity contribution in [1.82, 2.24) is 0 Å². The summed E-state index contributed by atoms with van der Waals surface area (Å²) in [5, 5.41) is 8.83. The van der Waals surface area contributed by atoms with Crippen LogP contribution in [0.3, 0.4) is 0 Å². The molecule has 6 nitrogen and oxygen atoms in total. The lowest BCUT2D eigenvalue weighted by Gasteiger charge is -2.33. The van der Waals surface area contributed by atoms with Gasteiger partial charge in [-0.1, -0.05) is 0 Å². The van der Waals surface area contributed by atoms with Gasteiger partial charge in [-0.3, -0.25) is 9.59 Å². The van der Waals surface area contributed by atoms with E-state index < -0.39 is 12.1 Å². The summed E-state index contributed by atoms with van der Waals surface area (Å²) in [5.74, 6) is -0.190. The lowest BCUT2D eigenvalue weighted by molar-refractivity contribution is -0.136. The predicted octanol–water partition coefficient (Wildman–Crippen LogP) is 2.12. The van der Waals surface area contributed by atoms with Gasteiger partial charge in [0.2, 0.25) is 0 Å². The minimum absolute atomic E-state index is 0.0408. The Balaban J connectivity index is 2.28. The lowest BCUT2D eigenvalue weighted by atomic mass is 10.1. The van der Waals surface area contributed by atoms with E-state index in [2.05, 4.69) is 0 Å². The van der Waals surface area contributed by atoms with Crippen LogP contribution in [0.15, 0.2) is 18.2 Å². The summed E-state index contributed by atoms with van der Waals surface area (Å²) in [5.41, 5.74) is 1.67. The second-order valence-corrected chi connectivity index (χ2v) is 5.22. The molecule has 120 valence electrons. The maximum atomic E-state index is 12.1. The quantitative estimate of drug-likeness (QED) is 0.872. The number of ether oxygens (including phenoxy) is 1. The van der Waals surface area contributed by atoms with Gasteiger partial charge in [-0.2, -0.15) is 0 Å². The third-order valence-electron chi connectivity index (χ3n) is 3.81. The minimum Gasteiger partial charge on any atom is -0.481 e. The molecule has 0 aromatic heterocycles. The van der Waals surface area contributed by atoms with E-state index in [9.17, 15) is 9.59 Å². The highest BCUT2D eigenvalue weighted by molar-refractivity contribution is 6.00. The summed E-state index contributed by atoms with van der Waals surface area (Å²) in [6.07, 6.45) is -0.418. The van der Waals surface area contributed by atoms with Crippen LogP contribution in [0.1, 0.15) is 27.2 Å². The SMILES string of the molecule is CCN(CCC(=O)O)c1ccc2c(c1)OC(C)C(=O)N2CC. The number of hydrogen-bond acceptors (Lipinski definition) is 4. The number of amides is 1. The molecule has 0 fully saturated rings. The molecule has 2 rings (SSSR count). The molecular formula is C16H22N2O4. The first-order valence-corrected chi connectivity index (χ1v) is 7.56. The summed E-state index contributed by atoms with van der Waals surface area (Å²) < 4.78 is 5.70. The number of likely N-dealkylation sites (N-methyl/N-ethyl adjacent to an activating group) is 1. The van der Waals surface area contributed by atoms with Gasteiger partial charge in [0.05, 0.1) is 12.1 Å². The number of carboxylic acid groups (broad SMARTS) is 1. The van der Waals surface area contributed by atoms with E-state index in [4.69, 9.17) is 9.84 Å². The minimum atomic E-state index is -0.816. The average molecular weight is 306 g/mol. The number of carboxylic acids is 1. The summed E-state index contributed by atoms with van der Waals surface area (Å²) in [7, 11) is 0. The molecule has 0 spiro atoms. The fourth-order valence-corrected chi connectivity index (χ4v) is 2.62. The Labute approximate surface area is 130 Å². The molecular weight excluding hydrogens is 284 g/mol. The maximum Gasteiger partial charge on any atom is 0.305 e. The van der Waals surface area contributed by atoms with E-state index in [0.717, 1.165) is 11.4 Å². The first kappa shape index (κ1) is 16.1. The zero-order chi connectivity index (χ0) is 16.3. The Kier molecular flexibility index (Phi) is 4.90. The molecule has 1 aliphatic heterocycles. The highest BCUT2D eigenvalue weighted by Gasteiger charge is 2.30. The highest BCUT2D eigenvalue weighted by atomic mass is 16.5. The van der Waals surface area contributed by atoms with Gasteiger partial charge in [-0.15, -0.1) is 0 Å².